The van der Waals surface area contributed by atoms with Gasteiger partial charge in [0.1, 0.15) is 19.3 Å². The highest BCUT2D eigenvalue weighted by atomic mass is 16.5. The molecule has 178 valence electrons. The molecule has 0 aliphatic carbocycles. The van der Waals surface area contributed by atoms with Gasteiger partial charge in [-0.1, -0.05) is 41.5 Å². The van der Waals surface area contributed by atoms with Crippen molar-refractivity contribution in [2.45, 2.75) is 66.5 Å². The van der Waals surface area contributed by atoms with Crippen LogP contribution in [0.15, 0.2) is 0 Å². The maximum Gasteiger partial charge on any atom is 0.312 e. The summed E-state index contributed by atoms with van der Waals surface area (Å²) in [6.45, 7) is 10.3. The minimum atomic E-state index is -0.872. The van der Waals surface area contributed by atoms with Crippen molar-refractivity contribution in [3.63, 3.8) is 0 Å². The molecule has 0 aromatic rings. The Labute approximate surface area is 184 Å². The number of primary amides is 1. The van der Waals surface area contributed by atoms with E-state index in [0.29, 0.717) is 12.8 Å². The molecule has 4 amide bonds. The average molecular weight is 443 g/mol. The lowest BCUT2D eigenvalue weighted by Gasteiger charge is -2.26. The van der Waals surface area contributed by atoms with E-state index in [2.05, 4.69) is 16.0 Å². The van der Waals surface area contributed by atoms with E-state index < -0.39 is 29.9 Å². The van der Waals surface area contributed by atoms with Crippen LogP contribution in [0.25, 0.3) is 0 Å². The van der Waals surface area contributed by atoms with Gasteiger partial charge in [0.2, 0.25) is 11.8 Å². The van der Waals surface area contributed by atoms with E-state index in [1.54, 1.807) is 41.5 Å². The van der Waals surface area contributed by atoms with Crippen molar-refractivity contribution in [1.82, 2.24) is 16.0 Å². The third-order valence-electron chi connectivity index (χ3n) is 4.58. The first-order valence-corrected chi connectivity index (χ1v) is 10.6. The lowest BCUT2D eigenvalue weighted by Crippen LogP contribution is -2.54. The number of Topliss-reactive ketones (excluding diaryl/α,β-unsaturated/α-hetero) is 2. The summed E-state index contributed by atoms with van der Waals surface area (Å²) in [5, 5.41) is 7.77. The number of urea groups is 1. The first-order chi connectivity index (χ1) is 14.4. The number of carbonyl (C=O) groups excluding carboxylic acids is 5. The number of amides is 4. The van der Waals surface area contributed by atoms with E-state index in [1.165, 1.54) is 0 Å². The fourth-order valence-electron chi connectivity index (χ4n) is 2.63. The number of hydrogen-bond acceptors (Lipinski definition) is 6. The molecule has 10 nitrogen and oxygen atoms in total. The van der Waals surface area contributed by atoms with E-state index in [0.717, 1.165) is 0 Å². The van der Waals surface area contributed by atoms with Crippen molar-refractivity contribution >= 4 is 29.4 Å². The summed E-state index contributed by atoms with van der Waals surface area (Å²) >= 11 is 0. The molecule has 0 saturated heterocycles. The van der Waals surface area contributed by atoms with Crippen LogP contribution in [0.1, 0.15) is 54.4 Å². The number of nitrogens with two attached hydrogens (primary N) is 1. The number of carbonyl (C=O) groups is 5. The zero-order chi connectivity index (χ0) is 24.1. The predicted octanol–water partition coefficient (Wildman–Crippen LogP) is 0.527. The van der Waals surface area contributed by atoms with Crippen LogP contribution >= 0.6 is 0 Å². The molecule has 2 atom stereocenters. The van der Waals surface area contributed by atoms with Crippen molar-refractivity contribution in [3.05, 3.63) is 0 Å². The summed E-state index contributed by atoms with van der Waals surface area (Å²) in [6, 6.07) is -2.28. The summed E-state index contributed by atoms with van der Waals surface area (Å²) in [4.78, 5) is 59.8. The molecule has 0 aliphatic heterocycles. The lowest BCUT2D eigenvalue weighted by atomic mass is 9.96. The van der Waals surface area contributed by atoms with Crippen molar-refractivity contribution in [2.24, 2.45) is 23.5 Å². The fourth-order valence-corrected chi connectivity index (χ4v) is 2.63. The van der Waals surface area contributed by atoms with Gasteiger partial charge in [-0.2, -0.15) is 0 Å². The van der Waals surface area contributed by atoms with Crippen molar-refractivity contribution < 1.29 is 28.7 Å². The Kier molecular flexibility index (Phi) is 13.3. The third kappa shape index (κ3) is 12.1. The van der Waals surface area contributed by atoms with Gasteiger partial charge in [-0.15, -0.1) is 0 Å². The summed E-state index contributed by atoms with van der Waals surface area (Å²) in [7, 11) is 0. The highest BCUT2D eigenvalue weighted by molar-refractivity contribution is 5.93. The SMILES string of the molecule is CC(C)C(=O)COCC(=O)N[C@H](C(=O)N[C@@H](CCCNC(N)=O)C(=O)C(C)C)C(C)C. The van der Waals surface area contributed by atoms with Gasteiger partial charge in [0, 0.05) is 18.4 Å². The summed E-state index contributed by atoms with van der Waals surface area (Å²) in [5.74, 6) is -2.00. The first-order valence-electron chi connectivity index (χ1n) is 10.6. The van der Waals surface area contributed by atoms with Crippen LogP contribution in [0.5, 0.6) is 0 Å². The molecule has 0 heterocycles. The quantitative estimate of drug-likeness (QED) is 0.271. The van der Waals surface area contributed by atoms with E-state index in [9.17, 15) is 24.0 Å². The Hall–Kier alpha value is -2.49. The molecule has 0 bridgehead atoms. The molecule has 0 unspecified atom stereocenters. The second kappa shape index (κ2) is 14.5. The smallest absolute Gasteiger partial charge is 0.312 e. The van der Waals surface area contributed by atoms with Crippen LogP contribution in [0.4, 0.5) is 4.79 Å². The molecule has 0 rings (SSSR count). The van der Waals surface area contributed by atoms with Crippen LogP contribution in [0.2, 0.25) is 0 Å². The zero-order valence-electron chi connectivity index (χ0n) is 19.4. The monoisotopic (exact) mass is 442 g/mol. The number of rotatable bonds is 15. The van der Waals surface area contributed by atoms with Crippen LogP contribution in [-0.2, 0) is 23.9 Å². The van der Waals surface area contributed by atoms with E-state index >= 15 is 0 Å². The Balaban J connectivity index is 4.93. The molecular formula is C21H38N4O6. The number of hydrogen-bond donors (Lipinski definition) is 4. The molecule has 31 heavy (non-hydrogen) atoms. The Morgan fingerprint density at radius 2 is 1.48 bits per heavy atom. The predicted molar refractivity (Wildman–Crippen MR) is 116 cm³/mol. The molecule has 0 spiro atoms. The van der Waals surface area contributed by atoms with Gasteiger partial charge < -0.3 is 26.4 Å². The van der Waals surface area contributed by atoms with Crippen LogP contribution in [-0.4, -0.2) is 61.3 Å². The molecule has 0 aliphatic rings. The van der Waals surface area contributed by atoms with Gasteiger partial charge in [-0.05, 0) is 18.8 Å². The lowest BCUT2D eigenvalue weighted by molar-refractivity contribution is -0.136. The molecule has 0 aromatic heterocycles. The minimum absolute atomic E-state index is 0.119. The fraction of sp³-hybridized carbons (Fsp3) is 0.762. The third-order valence-corrected chi connectivity index (χ3v) is 4.58. The van der Waals surface area contributed by atoms with Crippen LogP contribution < -0.4 is 21.7 Å². The molecule has 0 radical (unpaired) electrons. The van der Waals surface area contributed by atoms with Crippen molar-refractivity contribution in [1.29, 1.82) is 0 Å². The van der Waals surface area contributed by atoms with Crippen LogP contribution in [0, 0.1) is 17.8 Å². The highest BCUT2D eigenvalue weighted by Crippen LogP contribution is 2.09. The van der Waals surface area contributed by atoms with Gasteiger partial charge in [0.25, 0.3) is 0 Å². The summed E-state index contributed by atoms with van der Waals surface area (Å²) in [6.07, 6.45) is 0.769. The van der Waals surface area contributed by atoms with Gasteiger partial charge in [0.15, 0.2) is 11.6 Å². The second-order valence-corrected chi connectivity index (χ2v) is 8.45. The van der Waals surface area contributed by atoms with Gasteiger partial charge in [0.05, 0.1) is 6.04 Å². The van der Waals surface area contributed by atoms with E-state index in [-0.39, 0.29) is 49.1 Å². The number of ketones is 2. The minimum Gasteiger partial charge on any atom is -0.364 e. The summed E-state index contributed by atoms with van der Waals surface area (Å²) in [5.41, 5.74) is 5.03. The Bertz CT molecular complexity index is 633. The second-order valence-electron chi connectivity index (χ2n) is 8.45. The van der Waals surface area contributed by atoms with E-state index in [4.69, 9.17) is 10.5 Å². The largest absolute Gasteiger partial charge is 0.364 e. The standard InChI is InChI=1S/C21H38N4O6/c1-12(2)16(26)10-31-11-17(27)25-18(13(3)4)20(29)24-15(19(28)14(5)6)8-7-9-23-21(22)30/h12-15,18H,7-11H2,1-6H3,(H,24,29)(H,25,27)(H3,22,23,30)/t15-,18-/m0/s1. The van der Waals surface area contributed by atoms with Gasteiger partial charge >= 0.3 is 6.03 Å². The molecule has 0 fully saturated rings. The average Bonchev–Trinajstić information content (AvgIpc) is 2.66. The molecule has 0 aromatic carbocycles. The van der Waals surface area contributed by atoms with Gasteiger partial charge in [-0.25, -0.2) is 4.79 Å². The highest BCUT2D eigenvalue weighted by Gasteiger charge is 2.29. The van der Waals surface area contributed by atoms with Crippen molar-refractivity contribution in [2.75, 3.05) is 19.8 Å². The Morgan fingerprint density at radius 3 is 1.97 bits per heavy atom. The maximum absolute atomic E-state index is 12.8. The Morgan fingerprint density at radius 1 is 0.871 bits per heavy atom. The molecular weight excluding hydrogens is 404 g/mol. The molecule has 0 saturated carbocycles. The number of ether oxygens (including phenoxy) is 1. The molecule has 10 heteroatoms. The maximum atomic E-state index is 12.8. The van der Waals surface area contributed by atoms with Crippen molar-refractivity contribution in [3.8, 4) is 0 Å². The van der Waals surface area contributed by atoms with Crippen LogP contribution in [0.3, 0.4) is 0 Å². The normalized spacial score (nSPS) is 13.1. The summed E-state index contributed by atoms with van der Waals surface area (Å²) < 4.78 is 5.12. The first kappa shape index (κ1) is 28.5. The number of nitrogens with one attached hydrogen (secondary N) is 3. The zero-order valence-corrected chi connectivity index (χ0v) is 19.4. The van der Waals surface area contributed by atoms with Gasteiger partial charge in [-0.3, -0.25) is 19.2 Å². The topological polar surface area (TPSA) is 157 Å². The van der Waals surface area contributed by atoms with E-state index in [1.807, 2.05) is 0 Å². The molecule has 5 N–H and O–H groups in total.